The minimum atomic E-state index is -0.218. The Morgan fingerprint density at radius 2 is 2.33 bits per heavy atom. The van der Waals surface area contributed by atoms with Gasteiger partial charge in [0.15, 0.2) is 6.23 Å². The average molecular weight is 245 g/mol. The number of nitrogens with two attached hydrogens (primary N) is 1. The number of aliphatic imine (C=N–C) groups is 1. The smallest absolute Gasteiger partial charge is 0.248 e. The quantitative estimate of drug-likeness (QED) is 0.578. The van der Waals surface area contributed by atoms with Gasteiger partial charge in [-0.05, 0) is 18.1 Å². The third-order valence-electron chi connectivity index (χ3n) is 3.49. The first kappa shape index (κ1) is 11.1. The highest BCUT2D eigenvalue weighted by atomic mass is 16.5. The number of pyridine rings is 1. The van der Waals surface area contributed by atoms with E-state index in [1.807, 2.05) is 6.07 Å². The van der Waals surface area contributed by atoms with Gasteiger partial charge in [-0.1, -0.05) is 6.92 Å². The molecule has 0 fully saturated rings. The highest BCUT2D eigenvalue weighted by Gasteiger charge is 2.33. The number of aromatic nitrogens is 1. The molecule has 3 N–H and O–H groups in total. The standard InChI is InChI=1S/C13H15N3O2/c1-7-4-8-5-11(15-6-14)18-13(8)9-2-3-10(17)16-12(7)9/h2-3,6-7,11H,4-5H2,1H3,(H2,14,15)(H,16,17). The summed E-state index contributed by atoms with van der Waals surface area (Å²) in [5.41, 5.74) is 8.43. The number of aromatic amines is 1. The molecule has 18 heavy (non-hydrogen) atoms. The Balaban J connectivity index is 2.04. The maximum atomic E-state index is 11.4. The van der Waals surface area contributed by atoms with E-state index in [-0.39, 0.29) is 11.8 Å². The summed E-state index contributed by atoms with van der Waals surface area (Å²) in [7, 11) is 0. The second-order valence-corrected chi connectivity index (χ2v) is 4.76. The zero-order chi connectivity index (χ0) is 12.7. The van der Waals surface area contributed by atoms with E-state index in [1.165, 1.54) is 18.0 Å². The summed E-state index contributed by atoms with van der Waals surface area (Å²) in [5, 5.41) is 0. The molecular weight excluding hydrogens is 230 g/mol. The minimum absolute atomic E-state index is 0.0702. The molecule has 2 heterocycles. The summed E-state index contributed by atoms with van der Waals surface area (Å²) in [4.78, 5) is 18.4. The van der Waals surface area contributed by atoms with Gasteiger partial charge in [-0.15, -0.1) is 0 Å². The van der Waals surface area contributed by atoms with Crippen molar-refractivity contribution in [3.63, 3.8) is 0 Å². The number of hydrogen-bond acceptors (Lipinski definition) is 3. The highest BCUT2D eigenvalue weighted by molar-refractivity contribution is 5.70. The van der Waals surface area contributed by atoms with Gasteiger partial charge in [0.2, 0.25) is 5.56 Å². The molecule has 94 valence electrons. The van der Waals surface area contributed by atoms with Crippen LogP contribution in [0.15, 0.2) is 27.5 Å². The molecular formula is C13H15N3O2. The van der Waals surface area contributed by atoms with Gasteiger partial charge in [0.05, 0.1) is 6.34 Å². The van der Waals surface area contributed by atoms with Crippen LogP contribution in [0.25, 0.3) is 5.76 Å². The van der Waals surface area contributed by atoms with E-state index in [4.69, 9.17) is 10.5 Å². The fourth-order valence-corrected chi connectivity index (χ4v) is 2.72. The maximum absolute atomic E-state index is 11.4. The van der Waals surface area contributed by atoms with Gasteiger partial charge in [-0.2, -0.15) is 0 Å². The Kier molecular flexibility index (Phi) is 2.47. The Labute approximate surface area is 104 Å². The molecule has 2 unspecified atom stereocenters. The van der Waals surface area contributed by atoms with Crippen LogP contribution in [0.4, 0.5) is 0 Å². The second kappa shape index (κ2) is 4.01. The normalized spacial score (nSPS) is 26.1. The van der Waals surface area contributed by atoms with Crippen molar-refractivity contribution in [1.82, 2.24) is 4.98 Å². The van der Waals surface area contributed by atoms with E-state index in [1.54, 1.807) is 0 Å². The van der Waals surface area contributed by atoms with Crippen molar-refractivity contribution in [1.29, 1.82) is 0 Å². The van der Waals surface area contributed by atoms with Gasteiger partial charge in [-0.3, -0.25) is 4.79 Å². The van der Waals surface area contributed by atoms with Gasteiger partial charge in [-0.25, -0.2) is 4.99 Å². The van der Waals surface area contributed by atoms with Crippen molar-refractivity contribution in [2.45, 2.75) is 31.9 Å². The lowest BCUT2D eigenvalue weighted by Crippen LogP contribution is -2.15. The van der Waals surface area contributed by atoms with Crippen LogP contribution in [-0.4, -0.2) is 17.6 Å². The molecule has 0 saturated heterocycles. The molecule has 1 aromatic heterocycles. The number of rotatable bonds is 1. The molecule has 2 aliphatic rings. The topological polar surface area (TPSA) is 80.5 Å². The van der Waals surface area contributed by atoms with E-state index in [0.717, 1.165) is 29.9 Å². The fraction of sp³-hybridized carbons (Fsp3) is 0.385. The zero-order valence-electron chi connectivity index (χ0n) is 10.1. The van der Waals surface area contributed by atoms with Crippen LogP contribution < -0.4 is 11.3 Å². The summed E-state index contributed by atoms with van der Waals surface area (Å²) in [6, 6.07) is 3.36. The zero-order valence-corrected chi connectivity index (χ0v) is 10.1. The lowest BCUT2D eigenvalue weighted by atomic mass is 9.86. The molecule has 1 aliphatic heterocycles. The van der Waals surface area contributed by atoms with Crippen LogP contribution in [0, 0.1) is 0 Å². The van der Waals surface area contributed by atoms with Gasteiger partial charge >= 0.3 is 0 Å². The second-order valence-electron chi connectivity index (χ2n) is 4.76. The molecule has 5 nitrogen and oxygen atoms in total. The van der Waals surface area contributed by atoms with E-state index in [0.29, 0.717) is 5.92 Å². The molecule has 0 spiro atoms. The molecule has 0 saturated carbocycles. The summed E-state index contributed by atoms with van der Waals surface area (Å²) in [6.45, 7) is 2.11. The summed E-state index contributed by atoms with van der Waals surface area (Å²) in [5.74, 6) is 1.17. The molecule has 0 bridgehead atoms. The van der Waals surface area contributed by atoms with E-state index >= 15 is 0 Å². The van der Waals surface area contributed by atoms with Gasteiger partial charge < -0.3 is 15.5 Å². The number of H-pyrrole nitrogens is 1. The number of ether oxygens (including phenoxy) is 1. The lowest BCUT2D eigenvalue weighted by Gasteiger charge is -2.22. The SMILES string of the molecule is CC1CC2=C(OC(/N=C/N)C2)c2ccc(=O)[nH]c21. The fourth-order valence-electron chi connectivity index (χ4n) is 2.72. The first-order valence-electron chi connectivity index (χ1n) is 6.04. The molecule has 3 rings (SSSR count). The Hall–Kier alpha value is -2.04. The third kappa shape index (κ3) is 1.63. The van der Waals surface area contributed by atoms with Gasteiger partial charge in [0.1, 0.15) is 5.76 Å². The van der Waals surface area contributed by atoms with Crippen molar-refractivity contribution >= 4 is 12.1 Å². The molecule has 1 aliphatic carbocycles. The predicted octanol–water partition coefficient (Wildman–Crippen LogP) is 1.33. The van der Waals surface area contributed by atoms with Crippen molar-refractivity contribution in [3.05, 3.63) is 39.3 Å². The molecule has 0 radical (unpaired) electrons. The predicted molar refractivity (Wildman–Crippen MR) is 69.2 cm³/mol. The Morgan fingerprint density at radius 3 is 3.11 bits per heavy atom. The minimum Gasteiger partial charge on any atom is -0.468 e. The summed E-state index contributed by atoms with van der Waals surface area (Å²) >= 11 is 0. The number of nitrogens with one attached hydrogen (secondary N) is 1. The molecule has 5 heteroatoms. The van der Waals surface area contributed by atoms with Crippen molar-refractivity contribution in [3.8, 4) is 0 Å². The third-order valence-corrected chi connectivity index (χ3v) is 3.49. The van der Waals surface area contributed by atoms with E-state index in [2.05, 4.69) is 16.9 Å². The highest BCUT2D eigenvalue weighted by Crippen LogP contribution is 2.44. The number of nitrogens with zero attached hydrogens (tertiary/aromatic N) is 1. The molecule has 0 amide bonds. The monoisotopic (exact) mass is 245 g/mol. The number of fused-ring (bicyclic) bond motifs is 2. The Morgan fingerprint density at radius 1 is 1.50 bits per heavy atom. The van der Waals surface area contributed by atoms with Crippen molar-refractivity contribution in [2.75, 3.05) is 0 Å². The largest absolute Gasteiger partial charge is 0.468 e. The van der Waals surface area contributed by atoms with E-state index < -0.39 is 0 Å². The van der Waals surface area contributed by atoms with Gasteiger partial charge in [0, 0.05) is 29.7 Å². The van der Waals surface area contributed by atoms with Crippen LogP contribution in [0.2, 0.25) is 0 Å². The van der Waals surface area contributed by atoms with E-state index in [9.17, 15) is 4.79 Å². The molecule has 1 aromatic rings. The van der Waals surface area contributed by atoms with Crippen molar-refractivity contribution in [2.24, 2.45) is 10.7 Å². The molecule has 0 aromatic carbocycles. The lowest BCUT2D eigenvalue weighted by molar-refractivity contribution is 0.201. The van der Waals surface area contributed by atoms with Crippen LogP contribution in [0.3, 0.4) is 0 Å². The number of hydrogen-bond donors (Lipinski definition) is 2. The van der Waals surface area contributed by atoms with Gasteiger partial charge in [0.25, 0.3) is 0 Å². The molecule has 2 atom stereocenters. The summed E-state index contributed by atoms with van der Waals surface area (Å²) < 4.78 is 5.80. The first-order valence-corrected chi connectivity index (χ1v) is 6.04. The Bertz CT molecular complexity index is 600. The van der Waals surface area contributed by atoms with Crippen molar-refractivity contribution < 1.29 is 4.74 Å². The average Bonchev–Trinajstić information content (AvgIpc) is 2.72. The van der Waals surface area contributed by atoms with Crippen LogP contribution in [0.5, 0.6) is 0 Å². The maximum Gasteiger partial charge on any atom is 0.248 e. The van der Waals surface area contributed by atoms with Crippen LogP contribution in [0.1, 0.15) is 36.9 Å². The first-order chi connectivity index (χ1) is 8.69. The van der Waals surface area contributed by atoms with Crippen LogP contribution in [-0.2, 0) is 4.74 Å². The summed E-state index contributed by atoms with van der Waals surface area (Å²) in [6.07, 6.45) is 2.75. The van der Waals surface area contributed by atoms with Crippen LogP contribution >= 0.6 is 0 Å².